The molecule has 0 bridgehead atoms. The molecule has 0 fully saturated rings. The van der Waals surface area contributed by atoms with Gasteiger partial charge in [0.1, 0.15) is 5.75 Å². The van der Waals surface area contributed by atoms with E-state index in [4.69, 9.17) is 10.00 Å². The lowest BCUT2D eigenvalue weighted by molar-refractivity contribution is 0.340. The van der Waals surface area contributed by atoms with Crippen LogP contribution in [0, 0.1) is 18.3 Å². The van der Waals surface area contributed by atoms with Gasteiger partial charge in [-0.25, -0.2) is 0 Å². The predicted octanol–water partition coefficient (Wildman–Crippen LogP) is 2.81. The summed E-state index contributed by atoms with van der Waals surface area (Å²) in [6.45, 7) is 4.44. The Labute approximate surface area is 94.3 Å². The molecule has 1 aromatic carbocycles. The number of aryl methyl sites for hydroxylation is 1. The summed E-state index contributed by atoms with van der Waals surface area (Å²) in [5.41, 5.74) is 2.33. The zero-order chi connectivity index (χ0) is 11.5. The van der Waals surface area contributed by atoms with E-state index in [9.17, 15) is 0 Å². The largest absolute Gasteiger partial charge is 0.494 e. The van der Waals surface area contributed by atoms with Gasteiger partial charge < -0.3 is 4.74 Å². The zero-order valence-corrected chi connectivity index (χ0v) is 9.32. The lowest BCUT2D eigenvalue weighted by Crippen LogP contribution is -1.93. The third kappa shape index (κ3) is 1.82. The average molecular weight is 212 g/mol. The van der Waals surface area contributed by atoms with Crippen LogP contribution in [0.15, 0.2) is 24.3 Å². The highest BCUT2D eigenvalue weighted by molar-refractivity contribution is 5.86. The Morgan fingerprint density at radius 2 is 2.19 bits per heavy atom. The number of benzene rings is 1. The second-order valence-corrected chi connectivity index (χ2v) is 3.53. The summed E-state index contributed by atoms with van der Waals surface area (Å²) < 4.78 is 5.41. The van der Waals surface area contributed by atoms with E-state index in [1.807, 2.05) is 32.0 Å². The van der Waals surface area contributed by atoms with Gasteiger partial charge in [0.05, 0.1) is 23.8 Å². The maximum Gasteiger partial charge on any atom is 0.120 e. The number of aromatic nitrogens is 1. The standard InChI is InChI=1S/C13H12N2O/c1-3-16-11-4-5-13-12(7-11)10(8-14)6-9(2)15-13/h4-7H,3H2,1-2H3. The van der Waals surface area contributed by atoms with Gasteiger partial charge in [-0.05, 0) is 38.1 Å². The number of pyridine rings is 1. The van der Waals surface area contributed by atoms with Crippen LogP contribution < -0.4 is 4.74 Å². The van der Waals surface area contributed by atoms with E-state index < -0.39 is 0 Å². The molecular formula is C13H12N2O. The smallest absolute Gasteiger partial charge is 0.120 e. The van der Waals surface area contributed by atoms with E-state index in [1.54, 1.807) is 6.07 Å². The van der Waals surface area contributed by atoms with Crippen molar-refractivity contribution in [2.75, 3.05) is 6.61 Å². The molecule has 0 atom stereocenters. The van der Waals surface area contributed by atoms with E-state index in [0.29, 0.717) is 12.2 Å². The van der Waals surface area contributed by atoms with Crippen LogP contribution in [-0.4, -0.2) is 11.6 Å². The van der Waals surface area contributed by atoms with Crippen LogP contribution in [0.25, 0.3) is 10.9 Å². The van der Waals surface area contributed by atoms with Gasteiger partial charge in [-0.2, -0.15) is 5.26 Å². The lowest BCUT2D eigenvalue weighted by atomic mass is 10.1. The highest BCUT2D eigenvalue weighted by Gasteiger charge is 2.04. The molecule has 0 aliphatic heterocycles. The van der Waals surface area contributed by atoms with Crippen molar-refractivity contribution < 1.29 is 4.74 Å². The SMILES string of the molecule is CCOc1ccc2nc(C)cc(C#N)c2c1. The molecule has 3 heteroatoms. The quantitative estimate of drug-likeness (QED) is 0.768. The first-order valence-electron chi connectivity index (χ1n) is 5.19. The Morgan fingerprint density at radius 1 is 1.38 bits per heavy atom. The van der Waals surface area contributed by atoms with Crippen molar-refractivity contribution in [2.24, 2.45) is 0 Å². The van der Waals surface area contributed by atoms with Gasteiger partial charge in [0.15, 0.2) is 0 Å². The lowest BCUT2D eigenvalue weighted by Gasteiger charge is -2.06. The van der Waals surface area contributed by atoms with Crippen molar-refractivity contribution in [1.29, 1.82) is 5.26 Å². The minimum absolute atomic E-state index is 0.618. The molecule has 0 unspecified atom stereocenters. The topological polar surface area (TPSA) is 45.9 Å². The highest BCUT2D eigenvalue weighted by atomic mass is 16.5. The summed E-state index contributed by atoms with van der Waals surface area (Å²) in [5.74, 6) is 0.775. The van der Waals surface area contributed by atoms with Gasteiger partial charge in [-0.3, -0.25) is 4.98 Å². The van der Waals surface area contributed by atoms with Gasteiger partial charge in [-0.1, -0.05) is 0 Å². The molecule has 1 heterocycles. The minimum Gasteiger partial charge on any atom is -0.494 e. The van der Waals surface area contributed by atoms with Gasteiger partial charge in [-0.15, -0.1) is 0 Å². The Kier molecular flexibility index (Phi) is 2.74. The first-order chi connectivity index (χ1) is 7.74. The second-order valence-electron chi connectivity index (χ2n) is 3.53. The maximum absolute atomic E-state index is 9.06. The summed E-state index contributed by atoms with van der Waals surface area (Å²) in [5, 5.41) is 9.91. The first kappa shape index (κ1) is 10.4. The van der Waals surface area contributed by atoms with Crippen molar-refractivity contribution in [2.45, 2.75) is 13.8 Å². The van der Waals surface area contributed by atoms with E-state index in [2.05, 4.69) is 11.1 Å². The summed E-state index contributed by atoms with van der Waals surface area (Å²) in [6, 6.07) is 9.60. The van der Waals surface area contributed by atoms with Crippen molar-refractivity contribution in [3.05, 3.63) is 35.5 Å². The number of fused-ring (bicyclic) bond motifs is 1. The molecule has 0 amide bonds. The van der Waals surface area contributed by atoms with E-state index >= 15 is 0 Å². The third-order valence-corrected chi connectivity index (χ3v) is 2.34. The predicted molar refractivity (Wildman–Crippen MR) is 62.4 cm³/mol. The molecule has 1 aromatic heterocycles. The summed E-state index contributed by atoms with van der Waals surface area (Å²) >= 11 is 0. The summed E-state index contributed by atoms with van der Waals surface area (Å²) in [4.78, 5) is 4.38. The Morgan fingerprint density at radius 3 is 2.88 bits per heavy atom. The van der Waals surface area contributed by atoms with Crippen LogP contribution in [0.3, 0.4) is 0 Å². The molecule has 3 nitrogen and oxygen atoms in total. The maximum atomic E-state index is 9.06. The summed E-state index contributed by atoms with van der Waals surface area (Å²) in [7, 11) is 0. The first-order valence-corrected chi connectivity index (χ1v) is 5.19. The molecule has 0 spiro atoms. The molecule has 0 saturated heterocycles. The Balaban J connectivity index is 2.67. The van der Waals surface area contributed by atoms with E-state index in [-0.39, 0.29) is 0 Å². The fourth-order valence-electron chi connectivity index (χ4n) is 1.69. The van der Waals surface area contributed by atoms with Crippen molar-refractivity contribution in [3.63, 3.8) is 0 Å². The minimum atomic E-state index is 0.618. The molecule has 16 heavy (non-hydrogen) atoms. The molecular weight excluding hydrogens is 200 g/mol. The molecule has 0 aliphatic rings. The van der Waals surface area contributed by atoms with Gasteiger partial charge in [0.25, 0.3) is 0 Å². The number of ether oxygens (including phenoxy) is 1. The summed E-state index contributed by atoms with van der Waals surface area (Å²) in [6.07, 6.45) is 0. The van der Waals surface area contributed by atoms with Crippen LogP contribution in [0.4, 0.5) is 0 Å². The van der Waals surface area contributed by atoms with Gasteiger partial charge >= 0.3 is 0 Å². The van der Waals surface area contributed by atoms with Crippen LogP contribution in [0.5, 0.6) is 5.75 Å². The molecule has 0 aliphatic carbocycles. The number of nitrogens with zero attached hydrogens (tertiary/aromatic N) is 2. The zero-order valence-electron chi connectivity index (χ0n) is 9.32. The molecule has 0 radical (unpaired) electrons. The number of hydrogen-bond acceptors (Lipinski definition) is 3. The number of rotatable bonds is 2. The van der Waals surface area contributed by atoms with E-state index in [0.717, 1.165) is 22.3 Å². The van der Waals surface area contributed by atoms with E-state index in [1.165, 1.54) is 0 Å². The second kappa shape index (κ2) is 4.19. The van der Waals surface area contributed by atoms with Crippen LogP contribution in [0.1, 0.15) is 18.2 Å². The van der Waals surface area contributed by atoms with Crippen molar-refractivity contribution in [3.8, 4) is 11.8 Å². The van der Waals surface area contributed by atoms with Gasteiger partial charge in [0, 0.05) is 11.1 Å². The number of nitriles is 1. The van der Waals surface area contributed by atoms with Gasteiger partial charge in [0.2, 0.25) is 0 Å². The molecule has 0 N–H and O–H groups in total. The molecule has 80 valence electrons. The van der Waals surface area contributed by atoms with Crippen molar-refractivity contribution >= 4 is 10.9 Å². The molecule has 2 rings (SSSR count). The Hall–Kier alpha value is -2.08. The average Bonchev–Trinajstić information content (AvgIpc) is 2.29. The van der Waals surface area contributed by atoms with Crippen LogP contribution in [0.2, 0.25) is 0 Å². The monoisotopic (exact) mass is 212 g/mol. The third-order valence-electron chi connectivity index (χ3n) is 2.34. The fraction of sp³-hybridized carbons (Fsp3) is 0.231. The van der Waals surface area contributed by atoms with Crippen molar-refractivity contribution in [1.82, 2.24) is 4.98 Å². The molecule has 2 aromatic rings. The fourth-order valence-corrected chi connectivity index (χ4v) is 1.69. The molecule has 0 saturated carbocycles. The highest BCUT2D eigenvalue weighted by Crippen LogP contribution is 2.23. The Bertz CT molecular complexity index is 570. The normalized spacial score (nSPS) is 10.1. The van der Waals surface area contributed by atoms with Crippen LogP contribution >= 0.6 is 0 Å². The van der Waals surface area contributed by atoms with Crippen LogP contribution in [-0.2, 0) is 0 Å². The number of hydrogen-bond donors (Lipinski definition) is 0.